The van der Waals surface area contributed by atoms with Gasteiger partial charge in [0.1, 0.15) is 0 Å². The summed E-state index contributed by atoms with van der Waals surface area (Å²) in [6, 6.07) is 31.5. The van der Waals surface area contributed by atoms with E-state index in [1.54, 1.807) is 34.6 Å². The molecule has 11 rings (SSSR count). The molecule has 8 aromatic rings. The number of rotatable bonds is 6. The van der Waals surface area contributed by atoms with Crippen molar-refractivity contribution < 1.29 is 9.90 Å². The van der Waals surface area contributed by atoms with Gasteiger partial charge in [0.25, 0.3) is 0 Å². The molecule has 3 aliphatic rings. The summed E-state index contributed by atoms with van der Waals surface area (Å²) in [5.41, 5.74) is 9.70. The zero-order valence-electron chi connectivity index (χ0n) is 34.4. The monoisotopic (exact) mass is 910 g/mol. The second-order valence-corrected chi connectivity index (χ2v) is 21.3. The predicted octanol–water partition coefficient (Wildman–Crippen LogP) is 16.9. The van der Waals surface area contributed by atoms with Gasteiger partial charge in [-0.2, -0.15) is 0 Å². The number of benzene rings is 3. The van der Waals surface area contributed by atoms with Crippen LogP contribution in [0.5, 0.6) is 0 Å². The standard InChI is InChI=1S/C19H17NO2S.C19H19NS.C14H15BrS/c21-19(22)13-8-9-14-16(11-13)23-18(15-7-3-4-10-20-15)17(14)12-5-1-2-6-12;1-13-9-10-15-17(12-13)21-19(16-8-4-5-11-20-16)18(15)14-6-2-3-7-14;1-9-6-7-11-12(8-9)16-14(15)13(11)10-4-2-3-5-10/h3-4,7-12H,1-2,5-6H2,(H,21,22);4-5,8-12,14H,2-3,6-7H2,1H3;6-8,10H,2-5H2,1H3. The first-order valence-electron chi connectivity index (χ1n) is 21.7. The summed E-state index contributed by atoms with van der Waals surface area (Å²) in [5.74, 6) is 1.21. The molecule has 0 unspecified atom stereocenters. The lowest BCUT2D eigenvalue weighted by atomic mass is 9.93. The van der Waals surface area contributed by atoms with Gasteiger partial charge in [-0.15, -0.1) is 34.0 Å². The second-order valence-electron chi connectivity index (χ2n) is 16.9. The van der Waals surface area contributed by atoms with E-state index in [2.05, 4.69) is 88.3 Å². The van der Waals surface area contributed by atoms with Gasteiger partial charge in [0, 0.05) is 26.5 Å². The number of hydrogen-bond acceptors (Lipinski definition) is 6. The largest absolute Gasteiger partial charge is 0.478 e. The molecule has 3 saturated carbocycles. The lowest BCUT2D eigenvalue weighted by Gasteiger charge is -2.11. The smallest absolute Gasteiger partial charge is 0.335 e. The molecule has 1 N–H and O–H groups in total. The van der Waals surface area contributed by atoms with Crippen molar-refractivity contribution in [3.05, 3.63) is 141 Å². The van der Waals surface area contributed by atoms with Crippen LogP contribution >= 0.6 is 49.9 Å². The van der Waals surface area contributed by atoms with E-state index in [0.29, 0.717) is 11.5 Å². The molecule has 4 nitrogen and oxygen atoms in total. The molecule has 0 aliphatic heterocycles. The number of halogens is 1. The molecule has 8 heteroatoms. The number of nitrogens with zero attached hydrogens (tertiary/aromatic N) is 2. The highest BCUT2D eigenvalue weighted by Gasteiger charge is 2.27. The Bertz CT molecular complexity index is 2750. The van der Waals surface area contributed by atoms with Crippen LogP contribution in [0.4, 0.5) is 0 Å². The number of pyridine rings is 2. The van der Waals surface area contributed by atoms with Crippen molar-refractivity contribution in [1.82, 2.24) is 9.97 Å². The Morgan fingerprint density at radius 3 is 1.42 bits per heavy atom. The van der Waals surface area contributed by atoms with Crippen molar-refractivity contribution in [2.75, 3.05) is 0 Å². The molecule has 5 heterocycles. The maximum absolute atomic E-state index is 11.3. The highest BCUT2D eigenvalue weighted by Crippen LogP contribution is 2.49. The Morgan fingerprint density at radius 1 is 0.550 bits per heavy atom. The average Bonchev–Trinajstić information content (AvgIpc) is 4.12. The molecule has 0 spiro atoms. The highest BCUT2D eigenvalue weighted by molar-refractivity contribution is 9.11. The molecule has 0 radical (unpaired) electrons. The Morgan fingerprint density at radius 2 is 0.967 bits per heavy atom. The van der Waals surface area contributed by atoms with Crippen LogP contribution in [-0.2, 0) is 0 Å². The summed E-state index contributed by atoms with van der Waals surface area (Å²) in [4.78, 5) is 23.0. The van der Waals surface area contributed by atoms with Gasteiger partial charge in [-0.1, -0.05) is 81.0 Å². The lowest BCUT2D eigenvalue weighted by Crippen LogP contribution is -1.96. The van der Waals surface area contributed by atoms with Gasteiger partial charge in [-0.25, -0.2) is 4.79 Å². The Hall–Kier alpha value is -4.21. The molecule has 3 aliphatic carbocycles. The minimum atomic E-state index is -0.873. The number of hydrogen-bond donors (Lipinski definition) is 1. The van der Waals surface area contributed by atoms with Crippen LogP contribution in [0.3, 0.4) is 0 Å². The zero-order chi connectivity index (χ0) is 41.2. The molecule has 0 bridgehead atoms. The third kappa shape index (κ3) is 8.63. The van der Waals surface area contributed by atoms with Gasteiger partial charge in [0.15, 0.2) is 0 Å². The van der Waals surface area contributed by atoms with Gasteiger partial charge >= 0.3 is 5.97 Å². The molecule has 306 valence electrons. The first kappa shape index (κ1) is 41.2. The van der Waals surface area contributed by atoms with Crippen LogP contribution in [0.1, 0.15) is 133 Å². The summed E-state index contributed by atoms with van der Waals surface area (Å²) >= 11 is 9.24. The number of aromatic nitrogens is 2. The third-order valence-electron chi connectivity index (χ3n) is 12.8. The fourth-order valence-electron chi connectivity index (χ4n) is 9.88. The molecule has 0 atom stereocenters. The molecular formula is C52H51BrN2O2S3. The fourth-order valence-corrected chi connectivity index (χ4v) is 14.7. The normalized spacial score (nSPS) is 16.1. The maximum atomic E-state index is 11.3. The molecule has 3 aromatic carbocycles. The van der Waals surface area contributed by atoms with Gasteiger partial charge < -0.3 is 5.11 Å². The molecule has 3 fully saturated rings. The van der Waals surface area contributed by atoms with Crippen molar-refractivity contribution in [3.8, 4) is 21.1 Å². The summed E-state index contributed by atoms with van der Waals surface area (Å²) in [7, 11) is 0. The first-order valence-corrected chi connectivity index (χ1v) is 24.9. The summed E-state index contributed by atoms with van der Waals surface area (Å²) in [6.45, 7) is 4.34. The minimum absolute atomic E-state index is 0.351. The van der Waals surface area contributed by atoms with E-state index >= 15 is 0 Å². The molecule has 0 saturated heterocycles. The predicted molar refractivity (Wildman–Crippen MR) is 260 cm³/mol. The first-order chi connectivity index (χ1) is 29.3. The van der Waals surface area contributed by atoms with E-state index in [4.69, 9.17) is 0 Å². The lowest BCUT2D eigenvalue weighted by molar-refractivity contribution is 0.0697. The number of carbonyl (C=O) groups is 1. The van der Waals surface area contributed by atoms with Gasteiger partial charge in [0.2, 0.25) is 0 Å². The topological polar surface area (TPSA) is 63.1 Å². The summed E-state index contributed by atoms with van der Waals surface area (Å²) in [6.07, 6.45) is 19.7. The van der Waals surface area contributed by atoms with Crippen molar-refractivity contribution in [2.24, 2.45) is 0 Å². The average molecular weight is 912 g/mol. The van der Waals surface area contributed by atoms with Gasteiger partial charge in [0.05, 0.1) is 30.5 Å². The molecule has 0 amide bonds. The number of fused-ring (bicyclic) bond motifs is 3. The molecular weight excluding hydrogens is 861 g/mol. The number of carboxylic acid groups (broad SMARTS) is 1. The van der Waals surface area contributed by atoms with Crippen LogP contribution in [0.25, 0.3) is 51.4 Å². The van der Waals surface area contributed by atoms with Gasteiger partial charge in [-0.05, 0) is 179 Å². The zero-order valence-corrected chi connectivity index (χ0v) is 38.4. The summed E-state index contributed by atoms with van der Waals surface area (Å²) < 4.78 is 5.26. The Labute approximate surface area is 373 Å². The van der Waals surface area contributed by atoms with Crippen molar-refractivity contribution in [3.63, 3.8) is 0 Å². The fraction of sp³-hybridized carbons (Fsp3) is 0.327. The van der Waals surface area contributed by atoms with E-state index in [-0.39, 0.29) is 0 Å². The van der Waals surface area contributed by atoms with E-state index in [9.17, 15) is 9.90 Å². The van der Waals surface area contributed by atoms with Gasteiger partial charge in [-0.3, -0.25) is 9.97 Å². The second kappa shape index (κ2) is 18.4. The third-order valence-corrected chi connectivity index (χ3v) is 17.0. The number of thiophene rings is 3. The van der Waals surface area contributed by atoms with E-state index in [1.165, 1.54) is 133 Å². The number of aromatic carboxylic acids is 1. The van der Waals surface area contributed by atoms with Crippen LogP contribution in [0.15, 0.2) is 107 Å². The quantitative estimate of drug-likeness (QED) is 0.181. The Balaban J connectivity index is 0.000000117. The van der Waals surface area contributed by atoms with Crippen molar-refractivity contribution >= 4 is 86.2 Å². The van der Waals surface area contributed by atoms with E-state index in [0.717, 1.165) is 27.9 Å². The number of aryl methyl sites for hydroxylation is 2. The number of carboxylic acids is 1. The minimum Gasteiger partial charge on any atom is -0.478 e. The highest BCUT2D eigenvalue weighted by atomic mass is 79.9. The maximum Gasteiger partial charge on any atom is 0.335 e. The molecule has 60 heavy (non-hydrogen) atoms. The van der Waals surface area contributed by atoms with Crippen molar-refractivity contribution in [2.45, 2.75) is 109 Å². The van der Waals surface area contributed by atoms with Crippen LogP contribution < -0.4 is 0 Å². The van der Waals surface area contributed by atoms with E-state index in [1.807, 2.05) is 65.4 Å². The van der Waals surface area contributed by atoms with Crippen molar-refractivity contribution in [1.29, 1.82) is 0 Å². The van der Waals surface area contributed by atoms with Crippen LogP contribution in [-0.4, -0.2) is 21.0 Å². The summed E-state index contributed by atoms with van der Waals surface area (Å²) in [5, 5.41) is 13.4. The SMILES string of the molecule is Cc1ccc2c(C3CCCC3)c(-c3ccccn3)sc2c1.Cc1ccc2c(C3CCCC3)c(Br)sc2c1.O=C(O)c1ccc2c(C3CCCC3)c(-c3ccccn3)sc2c1. The molecule has 5 aromatic heterocycles. The van der Waals surface area contributed by atoms with E-state index < -0.39 is 5.97 Å². The van der Waals surface area contributed by atoms with Crippen LogP contribution in [0, 0.1) is 13.8 Å². The van der Waals surface area contributed by atoms with Crippen LogP contribution in [0.2, 0.25) is 0 Å². The Kier molecular flexibility index (Phi) is 12.6.